The zero-order valence-electron chi connectivity index (χ0n) is 22.6. The van der Waals surface area contributed by atoms with Crippen LogP contribution < -0.4 is 10.6 Å². The minimum Gasteiger partial charge on any atom is -0.389 e. The quantitative estimate of drug-likeness (QED) is 0.258. The van der Waals surface area contributed by atoms with Crippen molar-refractivity contribution < 1.29 is 19.5 Å². The molecule has 1 aromatic heterocycles. The highest BCUT2D eigenvalue weighted by atomic mass is 16.3. The maximum atomic E-state index is 14.0. The Morgan fingerprint density at radius 2 is 1.43 bits per heavy atom. The number of H-pyrrole nitrogens is 1. The molecule has 4 aromatic rings. The molecule has 4 N–H and O–H groups in total. The van der Waals surface area contributed by atoms with Crippen LogP contribution in [-0.2, 0) is 14.4 Å². The van der Waals surface area contributed by atoms with Crippen molar-refractivity contribution in [1.82, 2.24) is 10.2 Å². The number of nitrogens with one attached hydrogen (secondary N) is 3. The van der Waals surface area contributed by atoms with Gasteiger partial charge in [0.25, 0.3) is 0 Å². The van der Waals surface area contributed by atoms with Gasteiger partial charge in [-0.15, -0.1) is 0 Å². The predicted octanol–water partition coefficient (Wildman–Crippen LogP) is 5.01. The Hall–Kier alpha value is -4.56. The minimum atomic E-state index is -1.72. The SMILES string of the molecule is Cc1ccccc1NC(=O)[C@H]1C(=O)C[C@](C)(O)[C@@H](C(=O)Nc2ccccc2C)[C@H]1c1cn[nH]c1-c1ccccc1. The van der Waals surface area contributed by atoms with Gasteiger partial charge in [-0.2, -0.15) is 5.10 Å². The van der Waals surface area contributed by atoms with Crippen molar-refractivity contribution in [2.75, 3.05) is 10.6 Å². The summed E-state index contributed by atoms with van der Waals surface area (Å²) in [6.45, 7) is 5.22. The zero-order chi connectivity index (χ0) is 28.4. The van der Waals surface area contributed by atoms with E-state index in [0.717, 1.165) is 16.7 Å². The topological polar surface area (TPSA) is 124 Å². The molecule has 2 amide bonds. The van der Waals surface area contributed by atoms with Crippen LogP contribution in [0.25, 0.3) is 11.3 Å². The molecule has 0 aliphatic heterocycles. The monoisotopic (exact) mass is 536 g/mol. The van der Waals surface area contributed by atoms with Crippen LogP contribution in [0.1, 0.15) is 36.0 Å². The summed E-state index contributed by atoms with van der Waals surface area (Å²) in [5.41, 5.74) is 3.00. The molecule has 1 fully saturated rings. The maximum absolute atomic E-state index is 14.0. The Kier molecular flexibility index (Phi) is 7.36. The second kappa shape index (κ2) is 10.9. The van der Waals surface area contributed by atoms with E-state index in [1.165, 1.54) is 6.92 Å². The molecule has 8 heteroatoms. The van der Waals surface area contributed by atoms with E-state index in [2.05, 4.69) is 20.8 Å². The molecule has 1 heterocycles. The van der Waals surface area contributed by atoms with Gasteiger partial charge in [0.05, 0.1) is 23.4 Å². The molecular weight excluding hydrogens is 504 g/mol. The number of aryl methyl sites for hydroxylation is 2. The van der Waals surface area contributed by atoms with Gasteiger partial charge in [0.2, 0.25) is 11.8 Å². The number of para-hydroxylation sites is 2. The van der Waals surface area contributed by atoms with Crippen LogP contribution in [0.15, 0.2) is 85.1 Å². The van der Waals surface area contributed by atoms with E-state index in [9.17, 15) is 19.5 Å². The average Bonchev–Trinajstić information content (AvgIpc) is 3.40. The van der Waals surface area contributed by atoms with Gasteiger partial charge in [-0.1, -0.05) is 66.7 Å². The summed E-state index contributed by atoms with van der Waals surface area (Å²) >= 11 is 0. The zero-order valence-corrected chi connectivity index (χ0v) is 22.6. The van der Waals surface area contributed by atoms with E-state index in [4.69, 9.17) is 0 Å². The first-order valence-electron chi connectivity index (χ1n) is 13.2. The number of nitrogens with zero attached hydrogens (tertiary/aromatic N) is 1. The highest BCUT2D eigenvalue weighted by molar-refractivity contribution is 6.11. The number of carbonyl (C=O) groups is 3. The molecule has 0 radical (unpaired) electrons. The number of hydrogen-bond acceptors (Lipinski definition) is 5. The Labute approximate surface area is 232 Å². The highest BCUT2D eigenvalue weighted by Gasteiger charge is 2.56. The van der Waals surface area contributed by atoms with Gasteiger partial charge in [-0.05, 0) is 49.6 Å². The maximum Gasteiger partial charge on any atom is 0.235 e. The van der Waals surface area contributed by atoms with Crippen LogP contribution in [0.2, 0.25) is 0 Å². The van der Waals surface area contributed by atoms with Crippen LogP contribution in [0.5, 0.6) is 0 Å². The van der Waals surface area contributed by atoms with Gasteiger partial charge < -0.3 is 15.7 Å². The van der Waals surface area contributed by atoms with Crippen molar-refractivity contribution in [2.45, 2.75) is 38.7 Å². The predicted molar refractivity (Wildman–Crippen MR) is 154 cm³/mol. The van der Waals surface area contributed by atoms with Gasteiger partial charge >= 0.3 is 0 Å². The number of aromatic nitrogens is 2. The Balaban J connectivity index is 1.63. The molecule has 0 unspecified atom stereocenters. The van der Waals surface area contributed by atoms with Crippen molar-refractivity contribution in [2.24, 2.45) is 11.8 Å². The highest BCUT2D eigenvalue weighted by Crippen LogP contribution is 2.48. The fourth-order valence-electron chi connectivity index (χ4n) is 5.70. The van der Waals surface area contributed by atoms with E-state index in [-0.39, 0.29) is 6.42 Å². The van der Waals surface area contributed by atoms with Gasteiger partial charge in [-0.25, -0.2) is 0 Å². The summed E-state index contributed by atoms with van der Waals surface area (Å²) in [5.74, 6) is -4.84. The van der Waals surface area contributed by atoms with E-state index >= 15 is 0 Å². The molecule has 0 spiro atoms. The number of aliphatic hydroxyl groups is 1. The normalized spacial score (nSPS) is 22.5. The molecule has 0 bridgehead atoms. The van der Waals surface area contributed by atoms with E-state index in [0.29, 0.717) is 22.6 Å². The fraction of sp³-hybridized carbons (Fsp3) is 0.250. The van der Waals surface area contributed by atoms with E-state index in [1.807, 2.05) is 74.5 Å². The summed E-state index contributed by atoms with van der Waals surface area (Å²) < 4.78 is 0. The molecule has 0 saturated heterocycles. The molecule has 5 rings (SSSR count). The fourth-order valence-corrected chi connectivity index (χ4v) is 5.70. The third-order valence-corrected chi connectivity index (χ3v) is 7.73. The lowest BCUT2D eigenvalue weighted by Gasteiger charge is -2.44. The molecule has 8 nitrogen and oxygen atoms in total. The molecule has 204 valence electrons. The number of rotatable bonds is 6. The molecule has 1 aliphatic rings. The summed E-state index contributed by atoms with van der Waals surface area (Å²) in [7, 11) is 0. The van der Waals surface area contributed by atoms with Gasteiger partial charge in [0.1, 0.15) is 11.7 Å². The summed E-state index contributed by atoms with van der Waals surface area (Å²) in [4.78, 5) is 41.6. The number of amides is 2. The lowest BCUT2D eigenvalue weighted by atomic mass is 9.61. The van der Waals surface area contributed by atoms with Gasteiger partial charge in [-0.3, -0.25) is 19.5 Å². The number of benzene rings is 3. The minimum absolute atomic E-state index is 0.347. The summed E-state index contributed by atoms with van der Waals surface area (Å²) in [6.07, 6.45) is 1.20. The number of Topliss-reactive ketones (excluding diaryl/α,β-unsaturated/α-hetero) is 1. The molecular formula is C32H32N4O4. The van der Waals surface area contributed by atoms with Crippen molar-refractivity contribution in [3.8, 4) is 11.3 Å². The second-order valence-corrected chi connectivity index (χ2v) is 10.7. The molecule has 40 heavy (non-hydrogen) atoms. The summed E-state index contributed by atoms with van der Waals surface area (Å²) in [6, 6.07) is 24.0. The van der Waals surface area contributed by atoms with Crippen LogP contribution in [0, 0.1) is 25.7 Å². The van der Waals surface area contributed by atoms with E-state index < -0.39 is 41.0 Å². The number of anilines is 2. The molecule has 1 saturated carbocycles. The van der Waals surface area contributed by atoms with E-state index in [1.54, 1.807) is 24.4 Å². The average molecular weight is 537 g/mol. The largest absolute Gasteiger partial charge is 0.389 e. The molecule has 3 aromatic carbocycles. The summed E-state index contributed by atoms with van der Waals surface area (Å²) in [5, 5.41) is 24.7. The number of aromatic amines is 1. The number of carbonyl (C=O) groups excluding carboxylic acids is 3. The first kappa shape index (κ1) is 27.0. The Bertz CT molecular complexity index is 1560. The van der Waals surface area contributed by atoms with Gasteiger partial charge in [0, 0.05) is 29.3 Å². The molecule has 4 atom stereocenters. The Morgan fingerprint density at radius 1 is 0.875 bits per heavy atom. The smallest absolute Gasteiger partial charge is 0.235 e. The van der Waals surface area contributed by atoms with Crippen molar-refractivity contribution in [3.63, 3.8) is 0 Å². The van der Waals surface area contributed by atoms with Crippen molar-refractivity contribution in [1.29, 1.82) is 0 Å². The third-order valence-electron chi connectivity index (χ3n) is 7.73. The number of ketones is 1. The first-order valence-corrected chi connectivity index (χ1v) is 13.2. The Morgan fingerprint density at radius 3 is 2.02 bits per heavy atom. The third kappa shape index (κ3) is 5.18. The lowest BCUT2D eigenvalue weighted by Crippen LogP contribution is -2.56. The molecule has 1 aliphatic carbocycles. The second-order valence-electron chi connectivity index (χ2n) is 10.7. The lowest BCUT2D eigenvalue weighted by molar-refractivity contribution is -0.150. The van der Waals surface area contributed by atoms with Crippen LogP contribution in [0.3, 0.4) is 0 Å². The van der Waals surface area contributed by atoms with Gasteiger partial charge in [0.15, 0.2) is 0 Å². The van der Waals surface area contributed by atoms with Crippen molar-refractivity contribution in [3.05, 3.63) is 102 Å². The van der Waals surface area contributed by atoms with Crippen LogP contribution in [-0.4, -0.2) is 38.5 Å². The number of hydrogen-bond donors (Lipinski definition) is 4. The van der Waals surface area contributed by atoms with Crippen LogP contribution >= 0.6 is 0 Å². The van der Waals surface area contributed by atoms with Crippen molar-refractivity contribution >= 4 is 29.0 Å². The van der Waals surface area contributed by atoms with Crippen LogP contribution in [0.4, 0.5) is 11.4 Å². The standard InChI is InChI=1S/C32H32N4O4/c1-19-11-7-9-15-23(19)34-30(38)27-25(37)17-32(3,40)28(31(39)35-24-16-10-8-12-20(24)2)26(27)22-18-33-36-29(22)21-13-5-4-6-14-21/h4-16,18,26-28,40H,17H2,1-3H3,(H,33,36)(H,34,38)(H,35,39)/t26-,27-,28+,32-/m0/s1. The first-order chi connectivity index (χ1) is 19.2.